The van der Waals surface area contributed by atoms with Crippen LogP contribution in [0.1, 0.15) is 23.0 Å². The van der Waals surface area contributed by atoms with Crippen molar-refractivity contribution in [3.05, 3.63) is 47.8 Å². The summed E-state index contributed by atoms with van der Waals surface area (Å²) >= 11 is 0. The molecule has 1 aromatic carbocycles. The van der Waals surface area contributed by atoms with Crippen LogP contribution in [0.25, 0.3) is 0 Å². The fraction of sp³-hybridized carbons (Fsp3) is 0.250. The highest BCUT2D eigenvalue weighted by Crippen LogP contribution is 2.14. The number of aromatic nitrogens is 1. The largest absolute Gasteiger partial charge is 0.466 e. The smallest absolute Gasteiger partial charge is 0.310 e. The number of carbonyl (C=O) groups is 2. The number of benzene rings is 1. The van der Waals surface area contributed by atoms with Gasteiger partial charge < -0.3 is 20.4 Å². The van der Waals surface area contributed by atoms with Gasteiger partial charge in [0.15, 0.2) is 0 Å². The van der Waals surface area contributed by atoms with E-state index in [4.69, 9.17) is 10.5 Å². The van der Waals surface area contributed by atoms with Crippen LogP contribution in [0.4, 0.5) is 11.4 Å². The third-order valence-corrected chi connectivity index (χ3v) is 3.12. The molecule has 0 atom stereocenters. The first-order chi connectivity index (χ1) is 10.5. The van der Waals surface area contributed by atoms with Gasteiger partial charge in [-0.3, -0.25) is 9.59 Å². The Bertz CT molecular complexity index is 680. The number of carbonyl (C=O) groups excluding carboxylic acids is 2. The Balaban J connectivity index is 0.00000264. The van der Waals surface area contributed by atoms with Gasteiger partial charge in [0.2, 0.25) is 0 Å². The number of esters is 1. The predicted octanol–water partition coefficient (Wildman–Crippen LogP) is 2.39. The van der Waals surface area contributed by atoms with Crippen molar-refractivity contribution in [1.29, 1.82) is 0 Å². The summed E-state index contributed by atoms with van der Waals surface area (Å²) in [6.07, 6.45) is 1.90. The normalized spacial score (nSPS) is 9.83. The van der Waals surface area contributed by atoms with Crippen LogP contribution in [0.15, 0.2) is 36.5 Å². The first kappa shape index (κ1) is 18.6. The van der Waals surface area contributed by atoms with Crippen LogP contribution in [-0.4, -0.2) is 23.1 Å². The Morgan fingerprint density at radius 2 is 1.91 bits per heavy atom. The molecule has 2 rings (SSSR count). The Kier molecular flexibility index (Phi) is 6.65. The molecule has 3 N–H and O–H groups in total. The van der Waals surface area contributed by atoms with Crippen LogP contribution < -0.4 is 11.1 Å². The fourth-order valence-electron chi connectivity index (χ4n) is 2.10. The van der Waals surface area contributed by atoms with E-state index in [1.807, 2.05) is 0 Å². The van der Waals surface area contributed by atoms with E-state index in [1.165, 1.54) is 0 Å². The van der Waals surface area contributed by atoms with Crippen LogP contribution in [-0.2, 0) is 23.0 Å². The molecule has 0 aliphatic heterocycles. The molecule has 0 saturated heterocycles. The van der Waals surface area contributed by atoms with Crippen LogP contribution in [0.2, 0.25) is 0 Å². The van der Waals surface area contributed by atoms with E-state index in [0.717, 1.165) is 5.56 Å². The van der Waals surface area contributed by atoms with Gasteiger partial charge in [0, 0.05) is 18.9 Å². The second-order valence-corrected chi connectivity index (χ2v) is 4.90. The Morgan fingerprint density at radius 3 is 2.43 bits per heavy atom. The number of nitrogens with two attached hydrogens (primary N) is 1. The molecule has 0 fully saturated rings. The number of hydrogen-bond donors (Lipinski definition) is 2. The summed E-state index contributed by atoms with van der Waals surface area (Å²) in [7, 11) is 1.76. The third kappa shape index (κ3) is 5.03. The van der Waals surface area contributed by atoms with Gasteiger partial charge >= 0.3 is 5.97 Å². The molecule has 2 aromatic rings. The molecule has 0 radical (unpaired) electrons. The third-order valence-electron chi connectivity index (χ3n) is 3.12. The molecule has 0 aliphatic rings. The van der Waals surface area contributed by atoms with Gasteiger partial charge in [-0.1, -0.05) is 12.1 Å². The number of nitrogens with one attached hydrogen (secondary N) is 1. The maximum absolute atomic E-state index is 12.1. The molecular weight excluding hydrogens is 318 g/mol. The van der Waals surface area contributed by atoms with Crippen molar-refractivity contribution >= 4 is 35.7 Å². The predicted molar refractivity (Wildman–Crippen MR) is 91.8 cm³/mol. The maximum Gasteiger partial charge on any atom is 0.310 e. The Labute approximate surface area is 141 Å². The zero-order valence-corrected chi connectivity index (χ0v) is 13.9. The van der Waals surface area contributed by atoms with Crippen LogP contribution >= 0.6 is 12.4 Å². The molecule has 0 bridgehead atoms. The summed E-state index contributed by atoms with van der Waals surface area (Å²) in [5, 5.41) is 2.79. The van der Waals surface area contributed by atoms with Crippen LogP contribution in [0, 0.1) is 0 Å². The number of rotatable bonds is 5. The summed E-state index contributed by atoms with van der Waals surface area (Å²) in [6, 6.07) is 8.68. The van der Waals surface area contributed by atoms with E-state index in [1.54, 1.807) is 55.1 Å². The average Bonchev–Trinajstić information content (AvgIpc) is 2.80. The topological polar surface area (TPSA) is 86.3 Å². The number of nitrogen functional groups attached to an aromatic ring is 1. The Hall–Kier alpha value is -2.47. The summed E-state index contributed by atoms with van der Waals surface area (Å²) in [6.45, 7) is 2.14. The SMILES string of the molecule is CCOC(=O)Cc1ccc(NC(=O)c2cc(N)cn2C)cc1.Cl. The molecule has 0 spiro atoms. The number of ether oxygens (including phenoxy) is 1. The quantitative estimate of drug-likeness (QED) is 0.820. The molecule has 7 heteroatoms. The van der Waals surface area contributed by atoms with Crippen molar-refractivity contribution in [1.82, 2.24) is 4.57 Å². The molecule has 1 amide bonds. The summed E-state index contributed by atoms with van der Waals surface area (Å²) in [4.78, 5) is 23.5. The highest BCUT2D eigenvalue weighted by atomic mass is 35.5. The maximum atomic E-state index is 12.1. The number of hydrogen-bond acceptors (Lipinski definition) is 4. The fourth-order valence-corrected chi connectivity index (χ4v) is 2.10. The molecule has 0 aliphatic carbocycles. The van der Waals surface area contributed by atoms with Gasteiger partial charge in [-0.25, -0.2) is 0 Å². The number of aryl methyl sites for hydroxylation is 1. The number of anilines is 2. The lowest BCUT2D eigenvalue weighted by atomic mass is 10.1. The van der Waals surface area contributed by atoms with E-state index in [2.05, 4.69) is 5.32 Å². The number of amides is 1. The summed E-state index contributed by atoms with van der Waals surface area (Å²) in [5.74, 6) is -0.504. The second-order valence-electron chi connectivity index (χ2n) is 4.90. The number of halogens is 1. The lowest BCUT2D eigenvalue weighted by Gasteiger charge is -2.07. The van der Waals surface area contributed by atoms with E-state index in [0.29, 0.717) is 23.7 Å². The molecular formula is C16H20ClN3O3. The van der Waals surface area contributed by atoms with E-state index < -0.39 is 0 Å². The van der Waals surface area contributed by atoms with Crippen LogP contribution in [0.3, 0.4) is 0 Å². The van der Waals surface area contributed by atoms with Crippen molar-refractivity contribution in [3.8, 4) is 0 Å². The standard InChI is InChI=1S/C16H19N3O3.ClH/c1-3-22-15(20)8-11-4-6-13(7-5-11)18-16(21)14-9-12(17)10-19(14)2;/h4-7,9-10H,3,8,17H2,1-2H3,(H,18,21);1H. The molecule has 1 heterocycles. The zero-order chi connectivity index (χ0) is 16.1. The monoisotopic (exact) mass is 337 g/mol. The van der Waals surface area contributed by atoms with Crippen molar-refractivity contribution in [2.24, 2.45) is 7.05 Å². The lowest BCUT2D eigenvalue weighted by Crippen LogP contribution is -2.15. The lowest BCUT2D eigenvalue weighted by molar-refractivity contribution is -0.142. The average molecular weight is 338 g/mol. The molecule has 0 saturated carbocycles. The Morgan fingerprint density at radius 1 is 1.26 bits per heavy atom. The van der Waals surface area contributed by atoms with Gasteiger partial charge in [-0.2, -0.15) is 0 Å². The van der Waals surface area contributed by atoms with E-state index >= 15 is 0 Å². The van der Waals surface area contributed by atoms with Gasteiger partial charge in [0.05, 0.1) is 18.7 Å². The zero-order valence-electron chi connectivity index (χ0n) is 13.0. The minimum atomic E-state index is -0.265. The molecule has 124 valence electrons. The van der Waals surface area contributed by atoms with Crippen LogP contribution in [0.5, 0.6) is 0 Å². The first-order valence-corrected chi connectivity index (χ1v) is 6.97. The van der Waals surface area contributed by atoms with Gasteiger partial charge in [0.25, 0.3) is 5.91 Å². The highest BCUT2D eigenvalue weighted by Gasteiger charge is 2.11. The van der Waals surface area contributed by atoms with Gasteiger partial charge in [-0.15, -0.1) is 12.4 Å². The minimum absolute atomic E-state index is 0. The van der Waals surface area contributed by atoms with Crippen molar-refractivity contribution in [3.63, 3.8) is 0 Å². The minimum Gasteiger partial charge on any atom is -0.466 e. The molecule has 23 heavy (non-hydrogen) atoms. The van der Waals surface area contributed by atoms with Gasteiger partial charge in [0.1, 0.15) is 5.69 Å². The van der Waals surface area contributed by atoms with E-state index in [-0.39, 0.29) is 30.7 Å². The molecule has 6 nitrogen and oxygen atoms in total. The van der Waals surface area contributed by atoms with Crippen molar-refractivity contribution in [2.75, 3.05) is 17.7 Å². The van der Waals surface area contributed by atoms with Gasteiger partial charge in [-0.05, 0) is 30.7 Å². The van der Waals surface area contributed by atoms with Crippen molar-refractivity contribution < 1.29 is 14.3 Å². The first-order valence-electron chi connectivity index (χ1n) is 6.97. The summed E-state index contributed by atoms with van der Waals surface area (Å²) in [5.41, 5.74) is 8.16. The molecule has 1 aromatic heterocycles. The number of nitrogens with zero attached hydrogens (tertiary/aromatic N) is 1. The molecule has 0 unspecified atom stereocenters. The highest BCUT2D eigenvalue weighted by molar-refractivity contribution is 6.03. The second kappa shape index (κ2) is 8.24. The summed E-state index contributed by atoms with van der Waals surface area (Å²) < 4.78 is 6.56. The van der Waals surface area contributed by atoms with E-state index in [9.17, 15) is 9.59 Å². The van der Waals surface area contributed by atoms with Crippen molar-refractivity contribution in [2.45, 2.75) is 13.3 Å².